The maximum absolute atomic E-state index is 11.6. The van der Waals surface area contributed by atoms with Gasteiger partial charge in [0.05, 0.1) is 10.0 Å². The number of carbonyl (C=O) groups is 2. The minimum Gasteiger partial charge on any atom is -0.398 e. The molecule has 0 saturated carbocycles. The first-order valence-corrected chi connectivity index (χ1v) is 4.75. The fraction of sp³-hybridized carbons (Fsp3) is 0. The first-order valence-electron chi connectivity index (χ1n) is 3.96. The average Bonchev–Trinajstić information content (AvgIpc) is 2.14. The zero-order valence-corrected chi connectivity index (χ0v) is 8.67. The molecule has 0 aromatic heterocycles. The van der Waals surface area contributed by atoms with Gasteiger partial charge in [-0.1, -0.05) is 12.1 Å². The van der Waals surface area contributed by atoms with Gasteiger partial charge in [0, 0.05) is 17.3 Å². The van der Waals surface area contributed by atoms with Crippen molar-refractivity contribution in [2.75, 3.05) is 5.73 Å². The molecule has 1 aliphatic carbocycles. The Morgan fingerprint density at radius 3 is 2.64 bits per heavy atom. The van der Waals surface area contributed by atoms with Gasteiger partial charge in [-0.3, -0.25) is 9.59 Å². The predicted molar refractivity (Wildman–Crippen MR) is 56.5 cm³/mol. The third-order valence-corrected chi connectivity index (χ3v) is 2.65. The summed E-state index contributed by atoms with van der Waals surface area (Å²) in [5.41, 5.74) is 6.64. The molecule has 0 radical (unpaired) electrons. The molecule has 0 heterocycles. The molecule has 3 nitrogen and oxygen atoms in total. The van der Waals surface area contributed by atoms with Crippen LogP contribution in [0.3, 0.4) is 0 Å². The van der Waals surface area contributed by atoms with E-state index in [1.54, 1.807) is 18.2 Å². The highest BCUT2D eigenvalue weighted by Gasteiger charge is 2.25. The molecule has 0 unspecified atom stereocenters. The van der Waals surface area contributed by atoms with Crippen LogP contribution in [0.25, 0.3) is 0 Å². The number of halogens is 1. The number of allylic oxidation sites excluding steroid dienone is 2. The largest absolute Gasteiger partial charge is 0.398 e. The summed E-state index contributed by atoms with van der Waals surface area (Å²) < 4.78 is 0.278. The first kappa shape index (κ1) is 9.15. The fourth-order valence-corrected chi connectivity index (χ4v) is 1.84. The van der Waals surface area contributed by atoms with Crippen LogP contribution in [0.2, 0.25) is 0 Å². The van der Waals surface area contributed by atoms with Crippen LogP contribution in [-0.4, -0.2) is 11.6 Å². The van der Waals surface area contributed by atoms with Crippen molar-refractivity contribution in [3.05, 3.63) is 39.9 Å². The van der Waals surface area contributed by atoms with E-state index in [2.05, 4.69) is 15.9 Å². The zero-order valence-electron chi connectivity index (χ0n) is 7.08. The van der Waals surface area contributed by atoms with Crippen LogP contribution in [0.15, 0.2) is 28.8 Å². The summed E-state index contributed by atoms with van der Waals surface area (Å²) in [7, 11) is 0. The third kappa shape index (κ3) is 1.19. The van der Waals surface area contributed by atoms with Gasteiger partial charge in [-0.2, -0.15) is 0 Å². The molecule has 70 valence electrons. The van der Waals surface area contributed by atoms with Crippen LogP contribution in [0.5, 0.6) is 0 Å². The molecule has 2 rings (SSSR count). The summed E-state index contributed by atoms with van der Waals surface area (Å²) in [5, 5.41) is 0. The van der Waals surface area contributed by atoms with E-state index in [1.807, 2.05) is 0 Å². The smallest absolute Gasteiger partial charge is 0.200 e. The summed E-state index contributed by atoms with van der Waals surface area (Å²) in [5.74, 6) is -0.434. The van der Waals surface area contributed by atoms with Gasteiger partial charge in [0.15, 0.2) is 5.78 Å². The number of Topliss-reactive ketones (excluding diaryl/α,β-unsaturated/α-hetero) is 1. The highest BCUT2D eigenvalue weighted by Crippen LogP contribution is 2.27. The molecular formula is C10H6BrNO2. The van der Waals surface area contributed by atoms with Gasteiger partial charge in [0.1, 0.15) is 0 Å². The Morgan fingerprint density at radius 1 is 1.21 bits per heavy atom. The highest BCUT2D eigenvalue weighted by molar-refractivity contribution is 9.12. The number of hydrogen-bond acceptors (Lipinski definition) is 3. The van der Waals surface area contributed by atoms with Gasteiger partial charge in [0.25, 0.3) is 0 Å². The van der Waals surface area contributed by atoms with E-state index < -0.39 is 0 Å². The molecule has 0 amide bonds. The lowest BCUT2D eigenvalue weighted by atomic mass is 9.93. The number of rotatable bonds is 0. The van der Waals surface area contributed by atoms with Gasteiger partial charge in [0.2, 0.25) is 5.78 Å². The number of fused-ring (bicyclic) bond motifs is 1. The van der Waals surface area contributed by atoms with Gasteiger partial charge in [-0.05, 0) is 22.0 Å². The Bertz CT molecular complexity index is 477. The van der Waals surface area contributed by atoms with E-state index in [-0.39, 0.29) is 16.0 Å². The third-order valence-electron chi connectivity index (χ3n) is 2.06. The van der Waals surface area contributed by atoms with E-state index in [4.69, 9.17) is 5.73 Å². The van der Waals surface area contributed by atoms with Crippen molar-refractivity contribution in [2.45, 2.75) is 0 Å². The molecule has 1 aromatic carbocycles. The Kier molecular flexibility index (Phi) is 2.00. The average molecular weight is 252 g/mol. The summed E-state index contributed by atoms with van der Waals surface area (Å²) in [4.78, 5) is 23.1. The predicted octanol–water partition coefficient (Wildman–Crippen LogP) is 1.93. The number of benzene rings is 1. The number of carbonyl (C=O) groups excluding carboxylic acids is 2. The molecular weight excluding hydrogens is 246 g/mol. The van der Waals surface area contributed by atoms with E-state index in [1.165, 1.54) is 6.08 Å². The van der Waals surface area contributed by atoms with E-state index in [9.17, 15) is 9.59 Å². The second kappa shape index (κ2) is 3.06. The van der Waals surface area contributed by atoms with Crippen molar-refractivity contribution in [3.8, 4) is 0 Å². The molecule has 1 aromatic rings. The van der Waals surface area contributed by atoms with Crippen molar-refractivity contribution in [2.24, 2.45) is 0 Å². The number of hydrogen-bond donors (Lipinski definition) is 1. The molecule has 14 heavy (non-hydrogen) atoms. The standard InChI is InChI=1S/C10H6BrNO2/c11-6-4-8(13)9-5(10(6)14)2-1-3-7(9)12/h1-4H,12H2. The van der Waals surface area contributed by atoms with E-state index in [0.29, 0.717) is 16.8 Å². The lowest BCUT2D eigenvalue weighted by Gasteiger charge is -2.12. The Balaban J connectivity index is 2.75. The summed E-state index contributed by atoms with van der Waals surface area (Å²) in [6.45, 7) is 0. The fourth-order valence-electron chi connectivity index (χ4n) is 1.42. The number of nitrogens with two attached hydrogens (primary N) is 1. The summed E-state index contributed by atoms with van der Waals surface area (Å²) in [6.07, 6.45) is 1.25. The molecule has 4 heteroatoms. The Hall–Kier alpha value is -1.42. The maximum Gasteiger partial charge on any atom is 0.200 e. The van der Waals surface area contributed by atoms with Gasteiger partial charge in [-0.15, -0.1) is 0 Å². The van der Waals surface area contributed by atoms with Crippen molar-refractivity contribution in [3.63, 3.8) is 0 Å². The summed E-state index contributed by atoms with van der Waals surface area (Å²) >= 11 is 3.04. The number of anilines is 1. The second-order valence-electron chi connectivity index (χ2n) is 2.96. The lowest BCUT2D eigenvalue weighted by Crippen LogP contribution is -2.16. The van der Waals surface area contributed by atoms with Crippen molar-refractivity contribution < 1.29 is 9.59 Å². The topological polar surface area (TPSA) is 60.2 Å². The summed E-state index contributed by atoms with van der Waals surface area (Å²) in [6, 6.07) is 4.86. The molecule has 0 spiro atoms. The monoisotopic (exact) mass is 251 g/mol. The molecule has 2 N–H and O–H groups in total. The molecule has 0 atom stereocenters. The minimum atomic E-state index is -0.232. The van der Waals surface area contributed by atoms with Gasteiger partial charge < -0.3 is 5.73 Å². The first-order chi connectivity index (χ1) is 6.61. The van der Waals surface area contributed by atoms with Crippen LogP contribution in [0, 0.1) is 0 Å². The second-order valence-corrected chi connectivity index (χ2v) is 3.81. The molecule has 0 fully saturated rings. The van der Waals surface area contributed by atoms with Crippen LogP contribution in [0.4, 0.5) is 5.69 Å². The highest BCUT2D eigenvalue weighted by atomic mass is 79.9. The quantitative estimate of drug-likeness (QED) is 0.717. The van der Waals surface area contributed by atoms with Crippen LogP contribution < -0.4 is 5.73 Å². The van der Waals surface area contributed by atoms with Crippen LogP contribution in [0.1, 0.15) is 20.7 Å². The molecule has 1 aliphatic rings. The van der Waals surface area contributed by atoms with Crippen molar-refractivity contribution in [1.82, 2.24) is 0 Å². The SMILES string of the molecule is Nc1cccc2c1C(=O)C=C(Br)C2=O. The van der Waals surface area contributed by atoms with Crippen LogP contribution in [-0.2, 0) is 0 Å². The Labute approximate surface area is 88.7 Å². The minimum absolute atomic E-state index is 0.202. The van der Waals surface area contributed by atoms with Gasteiger partial charge >= 0.3 is 0 Å². The van der Waals surface area contributed by atoms with Gasteiger partial charge in [-0.25, -0.2) is 0 Å². The lowest BCUT2D eigenvalue weighted by molar-refractivity contribution is 0.0992. The molecule has 0 bridgehead atoms. The Morgan fingerprint density at radius 2 is 1.93 bits per heavy atom. The zero-order chi connectivity index (χ0) is 10.3. The number of ketones is 2. The van der Waals surface area contributed by atoms with E-state index in [0.717, 1.165) is 0 Å². The van der Waals surface area contributed by atoms with Crippen molar-refractivity contribution >= 4 is 33.2 Å². The molecule has 0 aliphatic heterocycles. The van der Waals surface area contributed by atoms with E-state index >= 15 is 0 Å². The molecule has 0 saturated heterocycles. The normalized spacial score (nSPS) is 15.1. The maximum atomic E-state index is 11.6. The van der Waals surface area contributed by atoms with Crippen LogP contribution >= 0.6 is 15.9 Å². The van der Waals surface area contributed by atoms with Crippen molar-refractivity contribution in [1.29, 1.82) is 0 Å². The number of nitrogen functional groups attached to an aromatic ring is 1.